The van der Waals surface area contributed by atoms with Crippen LogP contribution >= 0.6 is 0 Å². The topological polar surface area (TPSA) is 79.6 Å². The molecule has 1 aromatic rings. The third-order valence-corrected chi connectivity index (χ3v) is 5.52. The number of rotatable bonds is 4. The van der Waals surface area contributed by atoms with Gasteiger partial charge in [0.15, 0.2) is 0 Å². The molecule has 0 spiro atoms. The summed E-state index contributed by atoms with van der Waals surface area (Å²) in [5.74, 6) is -1.12. The number of hydrogen-bond acceptors (Lipinski definition) is 3. The van der Waals surface area contributed by atoms with Gasteiger partial charge in [-0.3, -0.25) is 0 Å². The zero-order valence-electron chi connectivity index (χ0n) is 12.0. The van der Waals surface area contributed by atoms with E-state index in [4.69, 9.17) is 5.11 Å². The largest absolute Gasteiger partial charge is 0.477 e. The van der Waals surface area contributed by atoms with E-state index >= 15 is 0 Å². The lowest BCUT2D eigenvalue weighted by Gasteiger charge is -2.19. The number of aryl methyl sites for hydroxylation is 1. The van der Waals surface area contributed by atoms with Crippen LogP contribution in [0.25, 0.3) is 0 Å². The van der Waals surface area contributed by atoms with E-state index in [-0.39, 0.29) is 16.0 Å². The summed E-state index contributed by atoms with van der Waals surface area (Å²) in [4.78, 5) is 11.2. The fourth-order valence-corrected chi connectivity index (χ4v) is 4.15. The molecule has 2 heterocycles. The third-order valence-electron chi connectivity index (χ3n) is 3.71. The lowest BCUT2D eigenvalue weighted by molar-refractivity contribution is 0.0685. The molecule has 7 heteroatoms. The van der Waals surface area contributed by atoms with Gasteiger partial charge in [0.25, 0.3) is 0 Å². The average molecular weight is 300 g/mol. The van der Waals surface area contributed by atoms with E-state index in [9.17, 15) is 13.2 Å². The number of carboxylic acids is 1. The van der Waals surface area contributed by atoms with E-state index in [0.717, 1.165) is 6.42 Å². The van der Waals surface area contributed by atoms with Gasteiger partial charge in [0.05, 0.1) is 0 Å². The number of aromatic carboxylic acids is 1. The lowest BCUT2D eigenvalue weighted by atomic mass is 9.93. The fourth-order valence-electron chi connectivity index (χ4n) is 2.48. The summed E-state index contributed by atoms with van der Waals surface area (Å²) in [5, 5.41) is 9.09. The summed E-state index contributed by atoms with van der Waals surface area (Å²) in [6.45, 7) is 7.21. The Hall–Kier alpha value is -1.34. The molecule has 0 aliphatic carbocycles. The summed E-state index contributed by atoms with van der Waals surface area (Å²) >= 11 is 0. The number of nitrogens with zero attached hydrogens (tertiary/aromatic N) is 2. The first-order valence-electron chi connectivity index (χ1n) is 6.61. The van der Waals surface area contributed by atoms with Crippen molar-refractivity contribution in [3.05, 3.63) is 18.0 Å². The van der Waals surface area contributed by atoms with Crippen LogP contribution in [-0.2, 0) is 16.6 Å². The van der Waals surface area contributed by atoms with E-state index in [1.54, 1.807) is 6.92 Å². The summed E-state index contributed by atoms with van der Waals surface area (Å²) in [6, 6.07) is 1.24. The second-order valence-corrected chi connectivity index (χ2v) is 7.84. The molecule has 2 rings (SSSR count). The van der Waals surface area contributed by atoms with Crippen LogP contribution in [0, 0.1) is 5.41 Å². The van der Waals surface area contributed by atoms with Crippen LogP contribution in [0.1, 0.15) is 37.7 Å². The predicted octanol–water partition coefficient (Wildman–Crippen LogP) is 1.63. The molecule has 1 N–H and O–H groups in total. The molecule has 0 amide bonds. The van der Waals surface area contributed by atoms with Crippen LogP contribution in [0.4, 0.5) is 0 Å². The molecule has 112 valence electrons. The maximum absolute atomic E-state index is 12.5. The Bertz CT molecular complexity index is 631. The van der Waals surface area contributed by atoms with Crippen LogP contribution < -0.4 is 0 Å². The zero-order chi connectivity index (χ0) is 15.1. The Kier molecular flexibility index (Phi) is 3.68. The van der Waals surface area contributed by atoms with Gasteiger partial charge in [-0.2, -0.15) is 4.31 Å². The Labute approximate surface area is 119 Å². The van der Waals surface area contributed by atoms with Gasteiger partial charge in [0, 0.05) is 25.8 Å². The smallest absolute Gasteiger partial charge is 0.352 e. The average Bonchev–Trinajstić information content (AvgIpc) is 2.92. The van der Waals surface area contributed by atoms with Gasteiger partial charge in [0.2, 0.25) is 10.0 Å². The van der Waals surface area contributed by atoms with E-state index in [0.29, 0.717) is 19.6 Å². The van der Waals surface area contributed by atoms with Crippen LogP contribution in [0.3, 0.4) is 0 Å². The summed E-state index contributed by atoms with van der Waals surface area (Å²) in [7, 11) is -3.61. The van der Waals surface area contributed by atoms with Crippen LogP contribution in [0.15, 0.2) is 17.2 Å². The van der Waals surface area contributed by atoms with Crippen molar-refractivity contribution < 1.29 is 18.3 Å². The zero-order valence-corrected chi connectivity index (χ0v) is 12.8. The molecule has 1 aromatic heterocycles. The van der Waals surface area contributed by atoms with E-state index < -0.39 is 16.0 Å². The van der Waals surface area contributed by atoms with E-state index in [1.165, 1.54) is 21.1 Å². The molecule has 1 aliphatic rings. The van der Waals surface area contributed by atoms with Gasteiger partial charge in [-0.1, -0.05) is 13.8 Å². The Morgan fingerprint density at radius 2 is 2.10 bits per heavy atom. The van der Waals surface area contributed by atoms with Gasteiger partial charge in [0.1, 0.15) is 10.6 Å². The van der Waals surface area contributed by atoms with Crippen molar-refractivity contribution in [2.75, 3.05) is 13.1 Å². The standard InChI is InChI=1S/C13H20N2O4S/c1-4-14-8-10(7-11(14)12(16)17)20(18,19)15-6-5-13(2,3)9-15/h7-8H,4-6,9H2,1-3H3,(H,16,17). The molecule has 0 aromatic carbocycles. The minimum atomic E-state index is -3.61. The van der Waals surface area contributed by atoms with E-state index in [1.807, 2.05) is 13.8 Å². The highest BCUT2D eigenvalue weighted by Gasteiger charge is 2.37. The van der Waals surface area contributed by atoms with Gasteiger partial charge in [-0.05, 0) is 24.8 Å². The third kappa shape index (κ3) is 2.60. The molecule has 0 bridgehead atoms. The van der Waals surface area contributed by atoms with Gasteiger partial charge < -0.3 is 9.67 Å². The van der Waals surface area contributed by atoms with Gasteiger partial charge in [-0.15, -0.1) is 0 Å². The molecule has 1 saturated heterocycles. The number of aromatic nitrogens is 1. The molecule has 20 heavy (non-hydrogen) atoms. The molecule has 0 unspecified atom stereocenters. The number of carbonyl (C=O) groups is 1. The van der Waals surface area contributed by atoms with Crippen molar-refractivity contribution in [1.29, 1.82) is 0 Å². The van der Waals surface area contributed by atoms with Crippen LogP contribution in [0.2, 0.25) is 0 Å². The van der Waals surface area contributed by atoms with Crippen molar-refractivity contribution in [3.8, 4) is 0 Å². The molecular weight excluding hydrogens is 280 g/mol. The summed E-state index contributed by atoms with van der Waals surface area (Å²) in [6.07, 6.45) is 2.22. The first kappa shape index (κ1) is 15.1. The highest BCUT2D eigenvalue weighted by Crippen LogP contribution is 2.33. The minimum absolute atomic E-state index is 0.00420. The molecule has 1 aliphatic heterocycles. The first-order valence-corrected chi connectivity index (χ1v) is 8.05. The Balaban J connectivity index is 2.38. The summed E-state index contributed by atoms with van der Waals surface area (Å²) < 4.78 is 28.0. The van der Waals surface area contributed by atoms with Crippen molar-refractivity contribution in [2.45, 2.75) is 38.6 Å². The molecule has 0 atom stereocenters. The Morgan fingerprint density at radius 3 is 2.50 bits per heavy atom. The summed E-state index contributed by atoms with van der Waals surface area (Å²) in [5.41, 5.74) is -0.0275. The maximum atomic E-state index is 12.5. The van der Waals surface area contributed by atoms with Crippen LogP contribution in [-0.4, -0.2) is 41.5 Å². The van der Waals surface area contributed by atoms with Gasteiger partial charge >= 0.3 is 5.97 Å². The molecule has 0 radical (unpaired) electrons. The fraction of sp³-hybridized carbons (Fsp3) is 0.615. The highest BCUT2D eigenvalue weighted by atomic mass is 32.2. The second kappa shape index (κ2) is 4.89. The quantitative estimate of drug-likeness (QED) is 0.916. The van der Waals surface area contributed by atoms with E-state index in [2.05, 4.69) is 0 Å². The van der Waals surface area contributed by atoms with Crippen molar-refractivity contribution in [2.24, 2.45) is 5.41 Å². The number of sulfonamides is 1. The maximum Gasteiger partial charge on any atom is 0.352 e. The molecule has 6 nitrogen and oxygen atoms in total. The monoisotopic (exact) mass is 300 g/mol. The second-order valence-electron chi connectivity index (χ2n) is 5.91. The van der Waals surface area contributed by atoms with Crippen molar-refractivity contribution in [1.82, 2.24) is 8.87 Å². The Morgan fingerprint density at radius 1 is 1.45 bits per heavy atom. The first-order chi connectivity index (χ1) is 9.17. The normalized spacial score (nSPS) is 19.4. The SMILES string of the molecule is CCn1cc(S(=O)(=O)N2CCC(C)(C)C2)cc1C(=O)O. The highest BCUT2D eigenvalue weighted by molar-refractivity contribution is 7.89. The molecule has 0 saturated carbocycles. The van der Waals surface area contributed by atoms with Crippen LogP contribution in [0.5, 0.6) is 0 Å². The molecular formula is C13H20N2O4S. The van der Waals surface area contributed by atoms with Gasteiger partial charge in [-0.25, -0.2) is 13.2 Å². The van der Waals surface area contributed by atoms with Crippen molar-refractivity contribution >= 4 is 16.0 Å². The minimum Gasteiger partial charge on any atom is -0.477 e. The molecule has 1 fully saturated rings. The van der Waals surface area contributed by atoms with Crippen molar-refractivity contribution in [3.63, 3.8) is 0 Å². The number of carboxylic acid groups (broad SMARTS) is 1. The lowest BCUT2D eigenvalue weighted by Crippen LogP contribution is -2.30. The number of hydrogen-bond donors (Lipinski definition) is 1. The predicted molar refractivity (Wildman–Crippen MR) is 74.2 cm³/mol.